The monoisotopic (exact) mass is 411 g/mol. The number of hydrogen-bond donors (Lipinski definition) is 2. The van der Waals surface area contributed by atoms with Gasteiger partial charge in [0.25, 0.3) is 5.91 Å². The van der Waals surface area contributed by atoms with Gasteiger partial charge in [0.15, 0.2) is 0 Å². The second-order valence-electron chi connectivity index (χ2n) is 7.47. The number of pyridine rings is 1. The molecule has 9 heteroatoms. The average Bonchev–Trinajstić information content (AvgIpc) is 3.17. The van der Waals surface area contributed by atoms with Crippen LogP contribution in [0.1, 0.15) is 49.4 Å². The molecule has 29 heavy (non-hydrogen) atoms. The number of nitrogens with one attached hydrogen (secondary N) is 2. The number of halogens is 3. The predicted octanol–water partition coefficient (Wildman–Crippen LogP) is 3.90. The van der Waals surface area contributed by atoms with Crippen LogP contribution >= 0.6 is 0 Å². The van der Waals surface area contributed by atoms with Crippen LogP contribution in [-0.4, -0.2) is 59.8 Å². The van der Waals surface area contributed by atoms with Gasteiger partial charge < -0.3 is 20.1 Å². The lowest BCUT2D eigenvalue weighted by Gasteiger charge is -2.43. The summed E-state index contributed by atoms with van der Waals surface area (Å²) in [7, 11) is 1.26. The summed E-state index contributed by atoms with van der Waals surface area (Å²) < 4.78 is 33.0. The molecule has 2 aromatic heterocycles. The highest BCUT2D eigenvalue weighted by atomic mass is 19.4. The van der Waals surface area contributed by atoms with Gasteiger partial charge in [-0.05, 0) is 32.9 Å². The molecule has 4 rings (SSSR count). The molecule has 1 amide bonds. The molecule has 0 saturated heterocycles. The number of carbonyl (C=O) groups excluding carboxylic acids is 1. The molecule has 1 aliphatic carbocycles. The molecular formula is C20H28F3N5O. The number of hydrogen-bond acceptors (Lipinski definition) is 4. The van der Waals surface area contributed by atoms with E-state index in [0.29, 0.717) is 12.7 Å². The maximum Gasteiger partial charge on any atom is 0.401 e. The molecule has 2 aliphatic rings. The first kappa shape index (κ1) is 21.4. The highest BCUT2D eigenvalue weighted by Crippen LogP contribution is 2.37. The Morgan fingerprint density at radius 1 is 1.28 bits per heavy atom. The normalized spacial score (nSPS) is 17.9. The number of rotatable bonds is 3. The van der Waals surface area contributed by atoms with Gasteiger partial charge in [0.1, 0.15) is 5.65 Å². The third-order valence-corrected chi connectivity index (χ3v) is 5.46. The number of anilines is 1. The molecular weight excluding hydrogens is 383 g/mol. The predicted molar refractivity (Wildman–Crippen MR) is 107 cm³/mol. The van der Waals surface area contributed by atoms with E-state index >= 15 is 0 Å². The smallest absolute Gasteiger partial charge is 0.349 e. The minimum absolute atomic E-state index is 0.111. The van der Waals surface area contributed by atoms with Crippen LogP contribution in [0.5, 0.6) is 0 Å². The van der Waals surface area contributed by atoms with Gasteiger partial charge in [-0.2, -0.15) is 13.2 Å². The van der Waals surface area contributed by atoms with E-state index in [9.17, 15) is 18.0 Å². The van der Waals surface area contributed by atoms with Crippen LogP contribution in [-0.2, 0) is 0 Å². The Bertz CT molecular complexity index is 829. The molecule has 0 atom stereocenters. The Labute approximate surface area is 168 Å². The summed E-state index contributed by atoms with van der Waals surface area (Å²) in [4.78, 5) is 24.7. The number of fused-ring (bicyclic) bond motifs is 3. The van der Waals surface area contributed by atoms with Gasteiger partial charge in [-0.1, -0.05) is 19.3 Å². The highest BCUT2D eigenvalue weighted by Gasteiger charge is 2.34. The number of alkyl halides is 3. The van der Waals surface area contributed by atoms with Gasteiger partial charge in [-0.25, -0.2) is 4.98 Å². The molecule has 0 radical (unpaired) electrons. The molecule has 6 nitrogen and oxygen atoms in total. The third kappa shape index (κ3) is 4.83. The number of aromatic amines is 1. The number of aromatic nitrogens is 2. The van der Waals surface area contributed by atoms with Crippen LogP contribution in [0.15, 0.2) is 18.5 Å². The fraction of sp³-hybridized carbons (Fsp3) is 0.600. The lowest BCUT2D eigenvalue weighted by molar-refractivity contribution is -0.123. The van der Waals surface area contributed by atoms with Crippen LogP contribution in [0.4, 0.5) is 18.9 Å². The summed E-state index contributed by atoms with van der Waals surface area (Å²) in [6, 6.07) is 2.58. The molecule has 0 aromatic carbocycles. The van der Waals surface area contributed by atoms with Gasteiger partial charge in [-0.3, -0.25) is 4.79 Å². The summed E-state index contributed by atoms with van der Waals surface area (Å²) in [6.07, 6.45) is 5.95. The van der Waals surface area contributed by atoms with Crippen molar-refractivity contribution < 1.29 is 18.0 Å². The first-order valence-corrected chi connectivity index (χ1v) is 10.1. The van der Waals surface area contributed by atoms with E-state index < -0.39 is 12.7 Å². The number of nitrogens with zero attached hydrogens (tertiary/aromatic N) is 3. The summed E-state index contributed by atoms with van der Waals surface area (Å²) in [5.74, 6) is 0.111. The second-order valence-corrected chi connectivity index (χ2v) is 7.47. The minimum Gasteiger partial charge on any atom is -0.349 e. The number of amides is 1. The molecule has 3 heterocycles. The first-order chi connectivity index (χ1) is 13.9. The van der Waals surface area contributed by atoms with Crippen molar-refractivity contribution in [3.8, 4) is 0 Å². The van der Waals surface area contributed by atoms with Crippen molar-refractivity contribution >= 4 is 22.6 Å². The van der Waals surface area contributed by atoms with Crippen molar-refractivity contribution in [3.63, 3.8) is 0 Å². The van der Waals surface area contributed by atoms with Crippen molar-refractivity contribution in [1.82, 2.24) is 20.2 Å². The fourth-order valence-corrected chi connectivity index (χ4v) is 4.08. The third-order valence-electron chi connectivity index (χ3n) is 5.46. The molecule has 1 aliphatic heterocycles. The molecule has 0 bridgehead atoms. The zero-order valence-electron chi connectivity index (χ0n) is 16.9. The lowest BCUT2D eigenvalue weighted by Crippen LogP contribution is -2.51. The van der Waals surface area contributed by atoms with Gasteiger partial charge in [0.2, 0.25) is 0 Å². The number of carbonyl (C=O) groups is 1. The molecule has 0 unspecified atom stereocenters. The largest absolute Gasteiger partial charge is 0.401 e. The van der Waals surface area contributed by atoms with Crippen molar-refractivity contribution in [2.75, 3.05) is 31.7 Å². The minimum atomic E-state index is -4.06. The quantitative estimate of drug-likeness (QED) is 0.804. The molecule has 160 valence electrons. The molecule has 1 saturated carbocycles. The van der Waals surface area contributed by atoms with E-state index in [-0.39, 0.29) is 5.91 Å². The molecule has 2 aromatic rings. The maximum absolute atomic E-state index is 12.7. The molecule has 0 spiro atoms. The van der Waals surface area contributed by atoms with Gasteiger partial charge in [-0.15, -0.1) is 0 Å². The molecule has 1 fully saturated rings. The van der Waals surface area contributed by atoms with Crippen LogP contribution in [0.25, 0.3) is 11.0 Å². The highest BCUT2D eigenvalue weighted by molar-refractivity contribution is 6.08. The van der Waals surface area contributed by atoms with Crippen LogP contribution in [0.2, 0.25) is 0 Å². The van der Waals surface area contributed by atoms with Crippen molar-refractivity contribution in [3.05, 3.63) is 24.0 Å². The SMILES string of the molecule is CCN1CN(C2CCCCC2)c2c(cnc3[nH]ccc23)C1=O.CNCC(F)(F)F. The van der Waals surface area contributed by atoms with Gasteiger partial charge in [0.05, 0.1) is 24.5 Å². The van der Waals surface area contributed by atoms with Crippen LogP contribution in [0, 0.1) is 0 Å². The van der Waals surface area contributed by atoms with Crippen LogP contribution in [0.3, 0.4) is 0 Å². The lowest BCUT2D eigenvalue weighted by atomic mass is 9.92. The summed E-state index contributed by atoms with van der Waals surface area (Å²) in [5, 5.41) is 3.06. The molecule has 2 N–H and O–H groups in total. The van der Waals surface area contributed by atoms with Gasteiger partial charge in [0, 0.05) is 30.4 Å². The summed E-state index contributed by atoms with van der Waals surface area (Å²) >= 11 is 0. The zero-order valence-corrected chi connectivity index (χ0v) is 16.9. The van der Waals surface area contributed by atoms with E-state index in [0.717, 1.165) is 28.8 Å². The maximum atomic E-state index is 12.7. The van der Waals surface area contributed by atoms with Crippen LogP contribution < -0.4 is 10.2 Å². The van der Waals surface area contributed by atoms with Crippen molar-refractivity contribution in [2.45, 2.75) is 51.2 Å². The topological polar surface area (TPSA) is 64.3 Å². The summed E-state index contributed by atoms with van der Waals surface area (Å²) in [6.45, 7) is 2.58. The average molecular weight is 411 g/mol. The van der Waals surface area contributed by atoms with E-state index in [4.69, 9.17) is 0 Å². The van der Waals surface area contributed by atoms with Gasteiger partial charge >= 0.3 is 6.18 Å². The zero-order chi connectivity index (χ0) is 21.0. The Hall–Kier alpha value is -2.29. The Balaban J connectivity index is 0.000000298. The Kier molecular flexibility index (Phi) is 6.66. The van der Waals surface area contributed by atoms with E-state index in [2.05, 4.69) is 14.9 Å². The van der Waals surface area contributed by atoms with E-state index in [1.54, 1.807) is 6.20 Å². The standard InChI is InChI=1S/C17H22N4O.C3H6F3N/c1-2-20-11-21(12-6-4-3-5-7-12)15-13-8-9-18-16(13)19-10-14(15)17(20)22;1-7-2-3(4,5)6/h8-10,12H,2-7,11H2,1H3,(H,18,19);7H,2H2,1H3. The van der Waals surface area contributed by atoms with E-state index in [1.807, 2.05) is 29.4 Å². The Morgan fingerprint density at radius 2 is 2.00 bits per heavy atom. The van der Waals surface area contributed by atoms with E-state index in [1.165, 1.54) is 39.2 Å². The Morgan fingerprint density at radius 3 is 2.59 bits per heavy atom. The number of H-pyrrole nitrogens is 1. The first-order valence-electron chi connectivity index (χ1n) is 10.1. The van der Waals surface area contributed by atoms with Crippen molar-refractivity contribution in [2.24, 2.45) is 0 Å². The second kappa shape index (κ2) is 9.02. The fourth-order valence-electron chi connectivity index (χ4n) is 4.08. The summed E-state index contributed by atoms with van der Waals surface area (Å²) in [5.41, 5.74) is 2.72. The van der Waals surface area contributed by atoms with Crippen molar-refractivity contribution in [1.29, 1.82) is 0 Å².